The Labute approximate surface area is 112 Å². The van der Waals surface area contributed by atoms with Crippen molar-refractivity contribution in [3.05, 3.63) is 34.7 Å². The normalized spacial score (nSPS) is 16.7. The molecule has 1 fully saturated rings. The fourth-order valence-corrected chi connectivity index (χ4v) is 3.95. The molecule has 0 saturated heterocycles. The smallest absolute Gasteiger partial charge is 0.0390 e. The highest BCUT2D eigenvalue weighted by Crippen LogP contribution is 2.29. The molecular weight excluding hydrogens is 240 g/mol. The van der Waals surface area contributed by atoms with Gasteiger partial charge < -0.3 is 11.1 Å². The SMILES string of the molecule is NCc1cccc2c(CNC3CCCC3)csc12. The minimum absolute atomic E-state index is 0.632. The summed E-state index contributed by atoms with van der Waals surface area (Å²) in [7, 11) is 0. The summed E-state index contributed by atoms with van der Waals surface area (Å²) in [5, 5.41) is 7.36. The van der Waals surface area contributed by atoms with Gasteiger partial charge in [0.25, 0.3) is 0 Å². The maximum Gasteiger partial charge on any atom is 0.0390 e. The summed E-state index contributed by atoms with van der Waals surface area (Å²) in [4.78, 5) is 0. The first-order chi connectivity index (χ1) is 8.88. The summed E-state index contributed by atoms with van der Waals surface area (Å²) in [6.45, 7) is 1.63. The fourth-order valence-electron chi connectivity index (χ4n) is 2.85. The molecule has 1 aliphatic carbocycles. The zero-order valence-electron chi connectivity index (χ0n) is 10.6. The Kier molecular flexibility index (Phi) is 3.64. The Morgan fingerprint density at radius 1 is 1.22 bits per heavy atom. The van der Waals surface area contributed by atoms with Crippen LogP contribution in [0.5, 0.6) is 0 Å². The van der Waals surface area contributed by atoms with Crippen molar-refractivity contribution in [2.45, 2.75) is 44.8 Å². The second kappa shape index (κ2) is 5.39. The highest BCUT2D eigenvalue weighted by atomic mass is 32.1. The quantitative estimate of drug-likeness (QED) is 0.884. The monoisotopic (exact) mass is 260 g/mol. The van der Waals surface area contributed by atoms with E-state index in [9.17, 15) is 0 Å². The van der Waals surface area contributed by atoms with Gasteiger partial charge in [-0.2, -0.15) is 0 Å². The molecule has 0 amide bonds. The summed E-state index contributed by atoms with van der Waals surface area (Å²) in [6, 6.07) is 7.21. The Balaban J connectivity index is 1.79. The predicted molar refractivity (Wildman–Crippen MR) is 78.8 cm³/mol. The van der Waals surface area contributed by atoms with Crippen LogP contribution >= 0.6 is 11.3 Å². The van der Waals surface area contributed by atoms with Crippen LogP contribution in [0.25, 0.3) is 10.1 Å². The Morgan fingerprint density at radius 3 is 2.83 bits per heavy atom. The molecule has 0 unspecified atom stereocenters. The van der Waals surface area contributed by atoms with Gasteiger partial charge in [0.05, 0.1) is 0 Å². The van der Waals surface area contributed by atoms with Crippen LogP contribution in [-0.2, 0) is 13.1 Å². The largest absolute Gasteiger partial charge is 0.326 e. The summed E-state index contributed by atoms with van der Waals surface area (Å²) >= 11 is 1.83. The highest BCUT2D eigenvalue weighted by molar-refractivity contribution is 7.17. The molecule has 0 atom stereocenters. The van der Waals surface area contributed by atoms with Crippen molar-refractivity contribution in [3.63, 3.8) is 0 Å². The molecule has 96 valence electrons. The lowest BCUT2D eigenvalue weighted by Crippen LogP contribution is -2.25. The number of nitrogens with two attached hydrogens (primary N) is 1. The first kappa shape index (κ1) is 12.2. The number of benzene rings is 1. The molecule has 18 heavy (non-hydrogen) atoms. The average Bonchev–Trinajstić information content (AvgIpc) is 3.05. The maximum absolute atomic E-state index is 5.79. The molecule has 1 aliphatic rings. The lowest BCUT2D eigenvalue weighted by molar-refractivity contribution is 0.526. The zero-order valence-corrected chi connectivity index (χ0v) is 11.4. The van der Waals surface area contributed by atoms with Crippen molar-refractivity contribution in [2.24, 2.45) is 5.73 Å². The predicted octanol–water partition coefficient (Wildman–Crippen LogP) is 3.39. The van der Waals surface area contributed by atoms with Crippen molar-refractivity contribution in [2.75, 3.05) is 0 Å². The molecule has 0 radical (unpaired) electrons. The van der Waals surface area contributed by atoms with Gasteiger partial charge in [0.1, 0.15) is 0 Å². The van der Waals surface area contributed by atoms with E-state index < -0.39 is 0 Å². The molecule has 1 aromatic carbocycles. The molecule has 1 aromatic heterocycles. The first-order valence-electron chi connectivity index (χ1n) is 6.80. The van der Waals surface area contributed by atoms with E-state index in [4.69, 9.17) is 5.73 Å². The van der Waals surface area contributed by atoms with Crippen molar-refractivity contribution in [1.29, 1.82) is 0 Å². The summed E-state index contributed by atoms with van der Waals surface area (Å²) < 4.78 is 1.36. The molecule has 3 rings (SSSR count). The third-order valence-electron chi connectivity index (χ3n) is 3.92. The van der Waals surface area contributed by atoms with Crippen LogP contribution in [0.3, 0.4) is 0 Å². The maximum atomic E-state index is 5.79. The number of hydrogen-bond donors (Lipinski definition) is 2. The number of thiophene rings is 1. The van der Waals surface area contributed by atoms with E-state index >= 15 is 0 Å². The van der Waals surface area contributed by atoms with Crippen LogP contribution in [0, 0.1) is 0 Å². The van der Waals surface area contributed by atoms with E-state index in [0.29, 0.717) is 6.54 Å². The van der Waals surface area contributed by atoms with Gasteiger partial charge >= 0.3 is 0 Å². The molecular formula is C15H20N2S. The third kappa shape index (κ3) is 2.30. The van der Waals surface area contributed by atoms with Crippen molar-refractivity contribution >= 4 is 21.4 Å². The number of fused-ring (bicyclic) bond motifs is 1. The topological polar surface area (TPSA) is 38.0 Å². The van der Waals surface area contributed by atoms with Gasteiger partial charge in [-0.1, -0.05) is 31.0 Å². The van der Waals surface area contributed by atoms with Gasteiger partial charge in [0.15, 0.2) is 0 Å². The molecule has 0 spiro atoms. The number of rotatable bonds is 4. The molecule has 3 heteroatoms. The minimum atomic E-state index is 0.632. The molecule has 0 aliphatic heterocycles. The van der Waals surface area contributed by atoms with E-state index in [1.807, 2.05) is 11.3 Å². The molecule has 1 saturated carbocycles. The number of nitrogens with one attached hydrogen (secondary N) is 1. The van der Waals surface area contributed by atoms with E-state index in [2.05, 4.69) is 28.9 Å². The van der Waals surface area contributed by atoms with Crippen molar-refractivity contribution in [1.82, 2.24) is 5.32 Å². The van der Waals surface area contributed by atoms with Crippen LogP contribution in [0.4, 0.5) is 0 Å². The second-order valence-corrected chi connectivity index (χ2v) is 6.00. The fraction of sp³-hybridized carbons (Fsp3) is 0.467. The van der Waals surface area contributed by atoms with Crippen LogP contribution in [0.15, 0.2) is 23.6 Å². The van der Waals surface area contributed by atoms with Gasteiger partial charge in [-0.15, -0.1) is 11.3 Å². The van der Waals surface area contributed by atoms with Crippen molar-refractivity contribution < 1.29 is 0 Å². The summed E-state index contributed by atoms with van der Waals surface area (Å²) in [5.74, 6) is 0. The molecule has 2 nitrogen and oxygen atoms in total. The lowest BCUT2D eigenvalue weighted by atomic mass is 10.1. The summed E-state index contributed by atoms with van der Waals surface area (Å²) in [5.41, 5.74) is 8.49. The average molecular weight is 260 g/mol. The lowest BCUT2D eigenvalue weighted by Gasteiger charge is -2.11. The Bertz CT molecular complexity index is 526. The van der Waals surface area contributed by atoms with E-state index in [1.54, 1.807) is 0 Å². The van der Waals surface area contributed by atoms with Crippen LogP contribution in [0.2, 0.25) is 0 Å². The third-order valence-corrected chi connectivity index (χ3v) is 5.04. The van der Waals surface area contributed by atoms with E-state index in [-0.39, 0.29) is 0 Å². The van der Waals surface area contributed by atoms with Gasteiger partial charge in [-0.3, -0.25) is 0 Å². The van der Waals surface area contributed by atoms with Gasteiger partial charge in [-0.25, -0.2) is 0 Å². The summed E-state index contributed by atoms with van der Waals surface area (Å²) in [6.07, 6.45) is 5.46. The minimum Gasteiger partial charge on any atom is -0.326 e. The van der Waals surface area contributed by atoms with E-state index in [1.165, 1.54) is 46.9 Å². The van der Waals surface area contributed by atoms with Gasteiger partial charge in [-0.05, 0) is 34.7 Å². The van der Waals surface area contributed by atoms with Gasteiger partial charge in [0, 0.05) is 23.8 Å². The molecule has 3 N–H and O–H groups in total. The Morgan fingerprint density at radius 2 is 2.06 bits per heavy atom. The van der Waals surface area contributed by atoms with Crippen molar-refractivity contribution in [3.8, 4) is 0 Å². The molecule has 1 heterocycles. The molecule has 0 bridgehead atoms. The molecule has 2 aromatic rings. The van der Waals surface area contributed by atoms with Gasteiger partial charge in [0.2, 0.25) is 0 Å². The number of hydrogen-bond acceptors (Lipinski definition) is 3. The second-order valence-electron chi connectivity index (χ2n) is 5.12. The van der Waals surface area contributed by atoms with Crippen LogP contribution in [-0.4, -0.2) is 6.04 Å². The zero-order chi connectivity index (χ0) is 12.4. The Hall–Kier alpha value is -0.900. The first-order valence-corrected chi connectivity index (χ1v) is 7.68. The standard InChI is InChI=1S/C15H20N2S/c16-8-11-4-3-7-14-12(10-18-15(11)14)9-17-13-5-1-2-6-13/h3-4,7,10,13,17H,1-2,5-6,8-9,16H2. The highest BCUT2D eigenvalue weighted by Gasteiger charge is 2.15. The van der Waals surface area contributed by atoms with E-state index in [0.717, 1.165) is 12.6 Å². The van der Waals surface area contributed by atoms with Crippen LogP contribution in [0.1, 0.15) is 36.8 Å². The van der Waals surface area contributed by atoms with Crippen LogP contribution < -0.4 is 11.1 Å².